The summed E-state index contributed by atoms with van der Waals surface area (Å²) in [5.41, 5.74) is 11.1. The van der Waals surface area contributed by atoms with Gasteiger partial charge in [-0.15, -0.1) is 0 Å². The van der Waals surface area contributed by atoms with Crippen LogP contribution in [0.3, 0.4) is 0 Å². The van der Waals surface area contributed by atoms with E-state index in [4.69, 9.17) is 5.73 Å². The molecular formula is C23H22F3N3. The third-order valence-corrected chi connectivity index (χ3v) is 5.18. The molecule has 1 aliphatic rings. The van der Waals surface area contributed by atoms with Crippen molar-refractivity contribution >= 4 is 17.1 Å². The van der Waals surface area contributed by atoms with Gasteiger partial charge in [-0.3, -0.25) is 4.90 Å². The van der Waals surface area contributed by atoms with Crippen molar-refractivity contribution in [2.45, 2.75) is 25.7 Å². The van der Waals surface area contributed by atoms with Crippen LogP contribution >= 0.6 is 0 Å². The number of hydrogen-bond donors (Lipinski definition) is 2. The van der Waals surface area contributed by atoms with Crippen molar-refractivity contribution in [2.75, 3.05) is 17.6 Å². The van der Waals surface area contributed by atoms with Crippen LogP contribution in [0.5, 0.6) is 0 Å². The van der Waals surface area contributed by atoms with Crippen LogP contribution in [0.2, 0.25) is 0 Å². The van der Waals surface area contributed by atoms with E-state index in [-0.39, 0.29) is 0 Å². The topological polar surface area (TPSA) is 41.3 Å². The fourth-order valence-electron chi connectivity index (χ4n) is 3.77. The Bertz CT molecular complexity index is 983. The van der Waals surface area contributed by atoms with Crippen molar-refractivity contribution in [3.05, 3.63) is 89.0 Å². The minimum atomic E-state index is -4.34. The lowest BCUT2D eigenvalue weighted by Crippen LogP contribution is -2.30. The van der Waals surface area contributed by atoms with Crippen molar-refractivity contribution in [1.82, 2.24) is 4.90 Å². The number of nitrogens with two attached hydrogens (primary N) is 1. The highest BCUT2D eigenvalue weighted by molar-refractivity contribution is 5.70. The lowest BCUT2D eigenvalue weighted by Gasteiger charge is -2.30. The summed E-state index contributed by atoms with van der Waals surface area (Å²) >= 11 is 0. The number of hydrogen-bond acceptors (Lipinski definition) is 3. The Hall–Kier alpha value is -2.99. The van der Waals surface area contributed by atoms with Crippen LogP contribution in [0.1, 0.15) is 22.3 Å². The number of alkyl halides is 3. The van der Waals surface area contributed by atoms with Crippen LogP contribution in [0.25, 0.3) is 0 Å². The summed E-state index contributed by atoms with van der Waals surface area (Å²) in [5.74, 6) is 0. The molecule has 0 aromatic heterocycles. The summed E-state index contributed by atoms with van der Waals surface area (Å²) in [4.78, 5) is 2.37. The molecule has 3 aromatic carbocycles. The molecule has 0 radical (unpaired) electrons. The van der Waals surface area contributed by atoms with Crippen molar-refractivity contribution in [3.63, 3.8) is 0 Å². The summed E-state index contributed by atoms with van der Waals surface area (Å²) in [6.45, 7) is 2.57. The van der Waals surface area contributed by atoms with Gasteiger partial charge in [0.25, 0.3) is 0 Å². The molecular weight excluding hydrogens is 375 g/mol. The maximum atomic E-state index is 12.8. The lowest BCUT2D eigenvalue weighted by atomic mass is 9.96. The fraction of sp³-hybridized carbons (Fsp3) is 0.217. The van der Waals surface area contributed by atoms with E-state index in [0.717, 1.165) is 49.4 Å². The number of nitrogen functional groups attached to an aromatic ring is 1. The van der Waals surface area contributed by atoms with Crippen LogP contribution in [0, 0.1) is 0 Å². The monoisotopic (exact) mass is 397 g/mol. The highest BCUT2D eigenvalue weighted by atomic mass is 19.4. The van der Waals surface area contributed by atoms with Gasteiger partial charge in [0.2, 0.25) is 0 Å². The number of anilines is 3. The van der Waals surface area contributed by atoms with Crippen molar-refractivity contribution < 1.29 is 13.2 Å². The van der Waals surface area contributed by atoms with E-state index in [1.54, 1.807) is 0 Å². The first-order chi connectivity index (χ1) is 13.9. The average molecular weight is 397 g/mol. The second-order valence-corrected chi connectivity index (χ2v) is 7.35. The highest BCUT2D eigenvalue weighted by Crippen LogP contribution is 2.33. The summed E-state index contributed by atoms with van der Waals surface area (Å²) < 4.78 is 38.3. The highest BCUT2D eigenvalue weighted by Gasteiger charge is 2.30. The van der Waals surface area contributed by atoms with E-state index in [1.807, 2.05) is 30.3 Å². The van der Waals surface area contributed by atoms with Gasteiger partial charge in [0.15, 0.2) is 0 Å². The first-order valence-corrected chi connectivity index (χ1v) is 9.50. The molecule has 1 aliphatic heterocycles. The Morgan fingerprint density at radius 3 is 2.38 bits per heavy atom. The number of nitrogens with one attached hydrogen (secondary N) is 1. The first kappa shape index (κ1) is 19.3. The van der Waals surface area contributed by atoms with Crippen molar-refractivity contribution in [1.29, 1.82) is 0 Å². The zero-order chi connectivity index (χ0) is 20.4. The predicted molar refractivity (Wildman–Crippen MR) is 110 cm³/mol. The lowest BCUT2D eigenvalue weighted by molar-refractivity contribution is -0.137. The second-order valence-electron chi connectivity index (χ2n) is 7.35. The molecule has 0 fully saturated rings. The van der Waals surface area contributed by atoms with E-state index in [9.17, 15) is 13.2 Å². The van der Waals surface area contributed by atoms with E-state index in [0.29, 0.717) is 11.4 Å². The molecule has 3 aromatic rings. The van der Waals surface area contributed by atoms with Gasteiger partial charge in [-0.05, 0) is 59.5 Å². The van der Waals surface area contributed by atoms with Crippen LogP contribution < -0.4 is 11.1 Å². The SMILES string of the molecule is Nc1cc2c(c(Nc3ccc(C(F)(F)F)cc3)c1)CCN(Cc1ccccc1)C2. The molecule has 4 rings (SSSR count). The Morgan fingerprint density at radius 1 is 0.966 bits per heavy atom. The zero-order valence-corrected chi connectivity index (χ0v) is 15.8. The van der Waals surface area contributed by atoms with E-state index < -0.39 is 11.7 Å². The maximum absolute atomic E-state index is 12.8. The third-order valence-electron chi connectivity index (χ3n) is 5.18. The molecule has 0 aliphatic carbocycles. The van der Waals surface area contributed by atoms with Crippen LogP contribution in [-0.4, -0.2) is 11.4 Å². The molecule has 6 heteroatoms. The average Bonchev–Trinajstić information content (AvgIpc) is 2.68. The van der Waals surface area contributed by atoms with Gasteiger partial charge in [-0.2, -0.15) is 13.2 Å². The Labute approximate surface area is 168 Å². The van der Waals surface area contributed by atoms with E-state index >= 15 is 0 Å². The maximum Gasteiger partial charge on any atom is 0.416 e. The largest absolute Gasteiger partial charge is 0.416 e. The summed E-state index contributed by atoms with van der Waals surface area (Å²) in [7, 11) is 0. The van der Waals surface area contributed by atoms with E-state index in [1.165, 1.54) is 23.3 Å². The number of benzene rings is 3. The van der Waals surface area contributed by atoms with Gasteiger partial charge in [-0.25, -0.2) is 0 Å². The van der Waals surface area contributed by atoms with Gasteiger partial charge >= 0.3 is 6.18 Å². The number of rotatable bonds is 4. The van der Waals surface area contributed by atoms with Crippen molar-refractivity contribution in [2.24, 2.45) is 0 Å². The van der Waals surface area contributed by atoms with Crippen LogP contribution in [0.4, 0.5) is 30.2 Å². The number of nitrogens with zero attached hydrogens (tertiary/aromatic N) is 1. The molecule has 0 bridgehead atoms. The summed E-state index contributed by atoms with van der Waals surface area (Å²) in [6, 6.07) is 19.2. The molecule has 0 atom stereocenters. The third kappa shape index (κ3) is 4.54. The van der Waals surface area contributed by atoms with Gasteiger partial charge in [-0.1, -0.05) is 30.3 Å². The predicted octanol–water partition coefficient (Wildman–Crippen LogP) is 5.59. The Morgan fingerprint density at radius 2 is 1.69 bits per heavy atom. The molecule has 0 amide bonds. The minimum absolute atomic E-state index is 0.609. The second kappa shape index (κ2) is 7.79. The minimum Gasteiger partial charge on any atom is -0.399 e. The standard InChI is InChI=1S/C23H22F3N3/c24-23(25,26)18-6-8-20(9-7-18)28-22-13-19(27)12-17-15-29(11-10-21(17)22)14-16-4-2-1-3-5-16/h1-9,12-13,28H,10-11,14-15,27H2. The molecule has 0 unspecified atom stereocenters. The van der Waals surface area contributed by atoms with E-state index in [2.05, 4.69) is 22.3 Å². The molecule has 3 N–H and O–H groups in total. The molecule has 0 saturated carbocycles. The Kier molecular flexibility index (Phi) is 5.20. The summed E-state index contributed by atoms with van der Waals surface area (Å²) in [6.07, 6.45) is -3.48. The van der Waals surface area contributed by atoms with Gasteiger partial charge in [0, 0.05) is 36.7 Å². The van der Waals surface area contributed by atoms with Gasteiger partial charge in [0.05, 0.1) is 5.56 Å². The molecule has 29 heavy (non-hydrogen) atoms. The fourth-order valence-corrected chi connectivity index (χ4v) is 3.77. The molecule has 0 saturated heterocycles. The van der Waals surface area contributed by atoms with Gasteiger partial charge < -0.3 is 11.1 Å². The summed E-state index contributed by atoms with van der Waals surface area (Å²) in [5, 5.41) is 3.25. The van der Waals surface area contributed by atoms with Crippen LogP contribution in [0.15, 0.2) is 66.7 Å². The molecule has 0 spiro atoms. The first-order valence-electron chi connectivity index (χ1n) is 9.50. The zero-order valence-electron chi connectivity index (χ0n) is 15.8. The van der Waals surface area contributed by atoms with Crippen molar-refractivity contribution in [3.8, 4) is 0 Å². The number of fused-ring (bicyclic) bond motifs is 1. The Balaban J connectivity index is 1.53. The smallest absolute Gasteiger partial charge is 0.399 e. The normalized spacial score (nSPS) is 14.4. The molecule has 150 valence electrons. The van der Waals surface area contributed by atoms with Crippen LogP contribution in [-0.2, 0) is 25.7 Å². The molecule has 1 heterocycles. The van der Waals surface area contributed by atoms with Gasteiger partial charge in [0.1, 0.15) is 0 Å². The number of halogens is 3. The molecule has 3 nitrogen and oxygen atoms in total. The quantitative estimate of drug-likeness (QED) is 0.564.